The topological polar surface area (TPSA) is 142 Å². The quantitative estimate of drug-likeness (QED) is 0.398. The lowest BCUT2D eigenvalue weighted by atomic mass is 10.1. The van der Waals surface area contributed by atoms with E-state index >= 15 is 0 Å². The second kappa shape index (κ2) is 9.69. The molecule has 0 radical (unpaired) electrons. The van der Waals surface area contributed by atoms with Crippen molar-refractivity contribution in [2.75, 3.05) is 6.54 Å². The number of aryl methyl sites for hydroxylation is 2. The van der Waals surface area contributed by atoms with E-state index in [4.69, 9.17) is 4.74 Å². The van der Waals surface area contributed by atoms with Crippen molar-refractivity contribution in [1.29, 1.82) is 0 Å². The van der Waals surface area contributed by atoms with Gasteiger partial charge in [-0.1, -0.05) is 12.1 Å². The maximum absolute atomic E-state index is 12.5. The molecule has 0 spiro atoms. The third-order valence-corrected chi connectivity index (χ3v) is 4.72. The van der Waals surface area contributed by atoms with Crippen molar-refractivity contribution < 1.29 is 19.4 Å². The molecule has 1 heterocycles. The molecule has 0 aliphatic rings. The number of nitro benzene ring substituents is 1. The van der Waals surface area contributed by atoms with Crippen LogP contribution in [0, 0.1) is 34.1 Å². The zero-order valence-electron chi connectivity index (χ0n) is 17.5. The van der Waals surface area contributed by atoms with Crippen LogP contribution in [0.15, 0.2) is 48.5 Å². The van der Waals surface area contributed by atoms with E-state index in [0.29, 0.717) is 29.1 Å². The van der Waals surface area contributed by atoms with Crippen LogP contribution in [-0.4, -0.2) is 32.1 Å². The molecule has 1 amide bonds. The molecule has 11 heteroatoms. The van der Waals surface area contributed by atoms with E-state index in [1.54, 1.807) is 44.2 Å². The summed E-state index contributed by atoms with van der Waals surface area (Å²) in [5, 5.41) is 28.3. The average Bonchev–Trinajstić information content (AvgIpc) is 3.13. The van der Waals surface area contributed by atoms with Crippen LogP contribution in [0.3, 0.4) is 0 Å². The van der Waals surface area contributed by atoms with Crippen LogP contribution in [0.4, 0.5) is 11.5 Å². The first-order valence-electron chi connectivity index (χ1n) is 9.68. The van der Waals surface area contributed by atoms with Crippen molar-refractivity contribution in [2.24, 2.45) is 0 Å². The summed E-state index contributed by atoms with van der Waals surface area (Å²) in [6, 6.07) is 12.8. The van der Waals surface area contributed by atoms with Gasteiger partial charge in [0.1, 0.15) is 12.4 Å². The second-order valence-electron chi connectivity index (χ2n) is 7.07. The molecule has 32 heavy (non-hydrogen) atoms. The first-order chi connectivity index (χ1) is 15.2. The fourth-order valence-corrected chi connectivity index (χ4v) is 3.08. The van der Waals surface area contributed by atoms with Gasteiger partial charge in [-0.15, -0.1) is 0 Å². The average molecular weight is 439 g/mol. The van der Waals surface area contributed by atoms with Gasteiger partial charge in [0.05, 0.1) is 28.3 Å². The number of amides is 1. The Labute approximate surface area is 182 Å². The Morgan fingerprint density at radius 2 is 1.88 bits per heavy atom. The maximum atomic E-state index is 12.5. The smallest absolute Gasteiger partial charge is 0.390 e. The first kappa shape index (κ1) is 22.4. The van der Waals surface area contributed by atoms with E-state index in [2.05, 4.69) is 10.4 Å². The van der Waals surface area contributed by atoms with Crippen LogP contribution in [-0.2, 0) is 13.2 Å². The zero-order chi connectivity index (χ0) is 23.3. The monoisotopic (exact) mass is 439 g/mol. The highest BCUT2D eigenvalue weighted by atomic mass is 16.6. The number of aromatic nitrogens is 2. The lowest BCUT2D eigenvalue weighted by Crippen LogP contribution is -2.27. The molecule has 0 aliphatic carbocycles. The molecule has 166 valence electrons. The van der Waals surface area contributed by atoms with Gasteiger partial charge in [0.15, 0.2) is 0 Å². The Hall–Kier alpha value is -4.28. The van der Waals surface area contributed by atoms with Gasteiger partial charge < -0.3 is 20.2 Å². The molecule has 1 aromatic heterocycles. The van der Waals surface area contributed by atoms with Crippen LogP contribution in [0.25, 0.3) is 0 Å². The van der Waals surface area contributed by atoms with E-state index in [0.717, 1.165) is 5.56 Å². The number of nitro groups is 2. The fourth-order valence-electron chi connectivity index (χ4n) is 3.08. The molecule has 0 atom stereocenters. The van der Waals surface area contributed by atoms with Crippen molar-refractivity contribution in [3.8, 4) is 5.75 Å². The fraction of sp³-hybridized carbons (Fsp3) is 0.238. The minimum absolute atomic E-state index is 0.0240. The van der Waals surface area contributed by atoms with E-state index in [1.807, 2.05) is 0 Å². The van der Waals surface area contributed by atoms with Gasteiger partial charge >= 0.3 is 5.82 Å². The number of carbonyl (C=O) groups excluding carboxylic acids is 1. The molecule has 2 aromatic carbocycles. The van der Waals surface area contributed by atoms with Gasteiger partial charge in [-0.25, -0.2) is 0 Å². The number of hydrogen-bond acceptors (Lipinski definition) is 7. The van der Waals surface area contributed by atoms with Crippen molar-refractivity contribution in [2.45, 2.75) is 27.0 Å². The van der Waals surface area contributed by atoms with E-state index < -0.39 is 9.85 Å². The summed E-state index contributed by atoms with van der Waals surface area (Å²) in [4.78, 5) is 33.1. The number of ether oxygens (including phenoxy) is 1. The summed E-state index contributed by atoms with van der Waals surface area (Å²) >= 11 is 0. The molecule has 11 nitrogen and oxygen atoms in total. The summed E-state index contributed by atoms with van der Waals surface area (Å²) in [6.07, 6.45) is 0. The molecule has 0 aliphatic heterocycles. The van der Waals surface area contributed by atoms with Crippen LogP contribution in [0.5, 0.6) is 5.75 Å². The van der Waals surface area contributed by atoms with Crippen molar-refractivity contribution >= 4 is 17.4 Å². The zero-order valence-corrected chi connectivity index (χ0v) is 17.5. The Balaban J connectivity index is 1.56. The van der Waals surface area contributed by atoms with Gasteiger partial charge in [0.25, 0.3) is 11.6 Å². The van der Waals surface area contributed by atoms with Crippen LogP contribution >= 0.6 is 0 Å². The molecule has 0 saturated carbocycles. The summed E-state index contributed by atoms with van der Waals surface area (Å²) < 4.78 is 7.16. The summed E-state index contributed by atoms with van der Waals surface area (Å²) in [5.74, 6) is -0.0336. The molecule has 3 aromatic rings. The van der Waals surface area contributed by atoms with E-state index in [-0.39, 0.29) is 30.6 Å². The van der Waals surface area contributed by atoms with Crippen molar-refractivity contribution in [1.82, 2.24) is 15.1 Å². The predicted molar refractivity (Wildman–Crippen MR) is 115 cm³/mol. The van der Waals surface area contributed by atoms with E-state index in [9.17, 15) is 25.0 Å². The standard InChI is InChI=1S/C21H21N5O6/c1-14-10-18(6-7-19(14)25(28)29)32-13-16-4-3-5-17(12-16)21(27)22-8-9-24-15(2)11-20(23-24)26(30)31/h3-7,10-12H,8-9,13H2,1-2H3,(H,22,27). The predicted octanol–water partition coefficient (Wildman–Crippen LogP) is 3.33. The SMILES string of the molecule is Cc1cc(OCc2cccc(C(=O)NCCn3nc([N+](=O)[O-])cc3C)c2)ccc1[N+](=O)[O-]. The number of rotatable bonds is 9. The Morgan fingerprint density at radius 1 is 1.09 bits per heavy atom. The molecule has 0 bridgehead atoms. The van der Waals surface area contributed by atoms with Crippen LogP contribution in [0.1, 0.15) is 27.2 Å². The van der Waals surface area contributed by atoms with Crippen LogP contribution < -0.4 is 10.1 Å². The molecule has 0 unspecified atom stereocenters. The Kier molecular flexibility index (Phi) is 6.78. The third-order valence-electron chi connectivity index (χ3n) is 4.72. The highest BCUT2D eigenvalue weighted by molar-refractivity contribution is 5.94. The van der Waals surface area contributed by atoms with Crippen LogP contribution in [0.2, 0.25) is 0 Å². The van der Waals surface area contributed by atoms with Gasteiger partial charge in [0, 0.05) is 23.7 Å². The number of benzene rings is 2. The van der Waals surface area contributed by atoms with Gasteiger partial charge in [-0.3, -0.25) is 14.9 Å². The normalized spacial score (nSPS) is 10.6. The number of nitrogens with zero attached hydrogens (tertiary/aromatic N) is 4. The van der Waals surface area contributed by atoms with Gasteiger partial charge in [0.2, 0.25) is 0 Å². The summed E-state index contributed by atoms with van der Waals surface area (Å²) in [7, 11) is 0. The largest absolute Gasteiger partial charge is 0.489 e. The molecule has 0 fully saturated rings. The molecule has 1 N–H and O–H groups in total. The Bertz CT molecular complexity index is 1170. The molecule has 0 saturated heterocycles. The molecule has 3 rings (SSSR count). The third kappa shape index (κ3) is 5.45. The summed E-state index contributed by atoms with van der Waals surface area (Å²) in [5.41, 5.74) is 2.35. The van der Waals surface area contributed by atoms with Gasteiger partial charge in [-0.2, -0.15) is 4.68 Å². The van der Waals surface area contributed by atoms with Gasteiger partial charge in [-0.05, 0) is 48.6 Å². The summed E-state index contributed by atoms with van der Waals surface area (Å²) in [6.45, 7) is 4.08. The van der Waals surface area contributed by atoms with E-state index in [1.165, 1.54) is 22.9 Å². The Morgan fingerprint density at radius 3 is 2.53 bits per heavy atom. The van der Waals surface area contributed by atoms with Crippen molar-refractivity contribution in [3.05, 3.63) is 91.1 Å². The first-order valence-corrected chi connectivity index (χ1v) is 9.68. The highest BCUT2D eigenvalue weighted by Gasteiger charge is 2.15. The number of hydrogen-bond donors (Lipinski definition) is 1. The minimum Gasteiger partial charge on any atom is -0.489 e. The maximum Gasteiger partial charge on any atom is 0.390 e. The number of nitrogens with one attached hydrogen (secondary N) is 1. The van der Waals surface area contributed by atoms with Crippen molar-refractivity contribution in [3.63, 3.8) is 0 Å². The highest BCUT2D eigenvalue weighted by Crippen LogP contribution is 2.23. The lowest BCUT2D eigenvalue weighted by Gasteiger charge is -2.09. The minimum atomic E-state index is -0.562. The molecular weight excluding hydrogens is 418 g/mol. The second-order valence-corrected chi connectivity index (χ2v) is 7.07. The molecular formula is C21H21N5O6. The lowest BCUT2D eigenvalue weighted by molar-refractivity contribution is -0.389. The number of carbonyl (C=O) groups is 1.